The SMILES string of the molecule is COCCOCC(=O)N(C)Cc1ccc(F)cc1F. The molecule has 6 heteroatoms. The van der Waals surface area contributed by atoms with E-state index in [2.05, 4.69) is 0 Å². The average molecular weight is 273 g/mol. The molecule has 0 atom stereocenters. The Hall–Kier alpha value is -1.53. The molecule has 0 aromatic heterocycles. The van der Waals surface area contributed by atoms with Crippen LogP contribution in [0.4, 0.5) is 8.78 Å². The largest absolute Gasteiger partial charge is 0.382 e. The molecule has 0 N–H and O–H groups in total. The molecule has 0 aliphatic carbocycles. The Morgan fingerprint density at radius 2 is 2.05 bits per heavy atom. The van der Waals surface area contributed by atoms with Gasteiger partial charge < -0.3 is 14.4 Å². The Balaban J connectivity index is 2.45. The smallest absolute Gasteiger partial charge is 0.248 e. The highest BCUT2D eigenvalue weighted by molar-refractivity contribution is 5.77. The van der Waals surface area contributed by atoms with Crippen molar-refractivity contribution in [2.75, 3.05) is 34.0 Å². The highest BCUT2D eigenvalue weighted by Gasteiger charge is 2.12. The summed E-state index contributed by atoms with van der Waals surface area (Å²) in [5.74, 6) is -1.59. The molecular formula is C13H17F2NO3. The molecule has 1 amide bonds. The van der Waals surface area contributed by atoms with Crippen molar-refractivity contribution in [3.05, 3.63) is 35.4 Å². The van der Waals surface area contributed by atoms with Gasteiger partial charge in [-0.15, -0.1) is 0 Å². The number of amides is 1. The second-order valence-electron chi connectivity index (χ2n) is 4.03. The Labute approximate surface area is 110 Å². The minimum absolute atomic E-state index is 0.0680. The van der Waals surface area contributed by atoms with E-state index in [1.54, 1.807) is 0 Å². The minimum atomic E-state index is -0.667. The van der Waals surface area contributed by atoms with Crippen LogP contribution in [-0.4, -0.2) is 44.8 Å². The maximum atomic E-state index is 13.4. The molecule has 1 rings (SSSR count). The molecule has 0 aliphatic rings. The Morgan fingerprint density at radius 1 is 1.32 bits per heavy atom. The minimum Gasteiger partial charge on any atom is -0.382 e. The topological polar surface area (TPSA) is 38.8 Å². The van der Waals surface area contributed by atoms with Crippen molar-refractivity contribution in [3.63, 3.8) is 0 Å². The normalized spacial score (nSPS) is 10.5. The van der Waals surface area contributed by atoms with E-state index < -0.39 is 11.6 Å². The summed E-state index contributed by atoms with van der Waals surface area (Å²) >= 11 is 0. The molecule has 0 radical (unpaired) electrons. The third-order valence-electron chi connectivity index (χ3n) is 2.51. The lowest BCUT2D eigenvalue weighted by molar-refractivity contribution is -0.135. The zero-order valence-electron chi connectivity index (χ0n) is 11.0. The fourth-order valence-electron chi connectivity index (χ4n) is 1.41. The number of nitrogens with zero attached hydrogens (tertiary/aromatic N) is 1. The Morgan fingerprint density at radius 3 is 2.68 bits per heavy atom. The van der Waals surface area contributed by atoms with Crippen LogP contribution in [0.15, 0.2) is 18.2 Å². The van der Waals surface area contributed by atoms with E-state index in [0.717, 1.165) is 12.1 Å². The number of halogens is 2. The van der Waals surface area contributed by atoms with Crippen molar-refractivity contribution >= 4 is 5.91 Å². The summed E-state index contributed by atoms with van der Waals surface area (Å²) in [6, 6.07) is 3.27. The maximum Gasteiger partial charge on any atom is 0.248 e. The van der Waals surface area contributed by atoms with Crippen LogP contribution in [-0.2, 0) is 20.8 Å². The summed E-state index contributed by atoms with van der Waals surface area (Å²) < 4.78 is 36.0. The number of carbonyl (C=O) groups is 1. The van der Waals surface area contributed by atoms with Crippen LogP contribution in [0.3, 0.4) is 0 Å². The summed E-state index contributed by atoms with van der Waals surface area (Å²) in [4.78, 5) is 13.0. The van der Waals surface area contributed by atoms with E-state index in [9.17, 15) is 13.6 Å². The van der Waals surface area contributed by atoms with Crippen molar-refractivity contribution in [1.29, 1.82) is 0 Å². The number of rotatable bonds is 7. The lowest BCUT2D eigenvalue weighted by atomic mass is 10.2. The van der Waals surface area contributed by atoms with E-state index in [1.165, 1.54) is 25.1 Å². The molecule has 0 aliphatic heterocycles. The van der Waals surface area contributed by atoms with Gasteiger partial charge in [-0.3, -0.25) is 4.79 Å². The van der Waals surface area contributed by atoms with Crippen LogP contribution in [0.5, 0.6) is 0 Å². The molecule has 0 saturated carbocycles. The van der Waals surface area contributed by atoms with Crippen LogP contribution >= 0.6 is 0 Å². The zero-order valence-corrected chi connectivity index (χ0v) is 11.0. The summed E-state index contributed by atoms with van der Waals surface area (Å²) in [7, 11) is 3.07. The molecule has 19 heavy (non-hydrogen) atoms. The summed E-state index contributed by atoms with van der Waals surface area (Å²) in [5, 5.41) is 0. The molecule has 4 nitrogen and oxygen atoms in total. The first-order valence-corrected chi connectivity index (χ1v) is 5.79. The molecule has 0 unspecified atom stereocenters. The van der Waals surface area contributed by atoms with Crippen molar-refractivity contribution in [2.24, 2.45) is 0 Å². The first kappa shape index (κ1) is 15.5. The van der Waals surface area contributed by atoms with E-state index in [1.807, 2.05) is 0 Å². The van der Waals surface area contributed by atoms with Gasteiger partial charge in [-0.2, -0.15) is 0 Å². The number of carbonyl (C=O) groups excluding carboxylic acids is 1. The van der Waals surface area contributed by atoms with Gasteiger partial charge in [0.05, 0.1) is 13.2 Å². The standard InChI is InChI=1S/C13H17F2NO3/c1-16(13(17)9-19-6-5-18-2)8-10-3-4-11(14)7-12(10)15/h3-4,7H,5-6,8-9H2,1-2H3. The number of benzene rings is 1. The molecule has 0 bridgehead atoms. The number of hydrogen-bond acceptors (Lipinski definition) is 3. The highest BCUT2D eigenvalue weighted by atomic mass is 19.1. The lowest BCUT2D eigenvalue weighted by Crippen LogP contribution is -2.30. The first-order chi connectivity index (χ1) is 9.04. The van der Waals surface area contributed by atoms with Crippen molar-refractivity contribution in [1.82, 2.24) is 4.90 Å². The van der Waals surface area contributed by atoms with Gasteiger partial charge >= 0.3 is 0 Å². The van der Waals surface area contributed by atoms with E-state index in [-0.39, 0.29) is 24.6 Å². The fourth-order valence-corrected chi connectivity index (χ4v) is 1.41. The summed E-state index contributed by atoms with van der Waals surface area (Å²) in [6.07, 6.45) is 0. The second kappa shape index (κ2) is 7.81. The monoisotopic (exact) mass is 273 g/mol. The molecule has 0 saturated heterocycles. The Kier molecular flexibility index (Phi) is 6.38. The lowest BCUT2D eigenvalue weighted by Gasteiger charge is -2.17. The number of likely N-dealkylation sites (N-methyl/N-ethyl adjacent to an activating group) is 1. The molecular weight excluding hydrogens is 256 g/mol. The van der Waals surface area contributed by atoms with Crippen LogP contribution in [0.2, 0.25) is 0 Å². The molecule has 0 spiro atoms. The second-order valence-corrected chi connectivity index (χ2v) is 4.03. The van der Waals surface area contributed by atoms with Crippen molar-refractivity contribution < 1.29 is 23.0 Å². The predicted octanol–water partition coefficient (Wildman–Crippen LogP) is 1.59. The van der Waals surface area contributed by atoms with E-state index >= 15 is 0 Å². The van der Waals surface area contributed by atoms with Gasteiger partial charge in [-0.05, 0) is 6.07 Å². The van der Waals surface area contributed by atoms with E-state index in [0.29, 0.717) is 13.2 Å². The van der Waals surface area contributed by atoms with Gasteiger partial charge in [-0.1, -0.05) is 6.07 Å². The molecule has 1 aromatic carbocycles. The third kappa shape index (κ3) is 5.32. The number of hydrogen-bond donors (Lipinski definition) is 0. The van der Waals surface area contributed by atoms with Crippen LogP contribution < -0.4 is 0 Å². The summed E-state index contributed by atoms with van der Waals surface area (Å²) in [6.45, 7) is 0.700. The van der Waals surface area contributed by atoms with Gasteiger partial charge in [0.15, 0.2) is 0 Å². The van der Waals surface area contributed by atoms with Crippen molar-refractivity contribution in [2.45, 2.75) is 6.54 Å². The molecule has 0 heterocycles. The maximum absolute atomic E-state index is 13.4. The third-order valence-corrected chi connectivity index (χ3v) is 2.51. The fraction of sp³-hybridized carbons (Fsp3) is 0.462. The molecule has 106 valence electrons. The summed E-state index contributed by atoms with van der Waals surface area (Å²) in [5.41, 5.74) is 0.258. The van der Waals surface area contributed by atoms with Gasteiger partial charge in [0.1, 0.15) is 18.2 Å². The predicted molar refractivity (Wildman–Crippen MR) is 65.5 cm³/mol. The number of ether oxygens (including phenoxy) is 2. The van der Waals surface area contributed by atoms with Gasteiger partial charge in [-0.25, -0.2) is 8.78 Å². The first-order valence-electron chi connectivity index (χ1n) is 5.79. The highest BCUT2D eigenvalue weighted by Crippen LogP contribution is 2.11. The van der Waals surface area contributed by atoms with Gasteiger partial charge in [0.25, 0.3) is 0 Å². The van der Waals surface area contributed by atoms with Crippen LogP contribution in [0.25, 0.3) is 0 Å². The average Bonchev–Trinajstić information content (AvgIpc) is 2.37. The molecule has 0 fully saturated rings. The van der Waals surface area contributed by atoms with Crippen LogP contribution in [0, 0.1) is 11.6 Å². The Bertz CT molecular complexity index is 426. The van der Waals surface area contributed by atoms with Gasteiger partial charge in [0.2, 0.25) is 5.91 Å². The van der Waals surface area contributed by atoms with Crippen molar-refractivity contribution in [3.8, 4) is 0 Å². The number of methoxy groups -OCH3 is 1. The van der Waals surface area contributed by atoms with Crippen LogP contribution in [0.1, 0.15) is 5.56 Å². The van der Waals surface area contributed by atoms with Gasteiger partial charge in [0, 0.05) is 32.3 Å². The van der Waals surface area contributed by atoms with E-state index in [4.69, 9.17) is 9.47 Å². The quantitative estimate of drug-likeness (QED) is 0.708. The molecule has 1 aromatic rings. The zero-order chi connectivity index (χ0) is 14.3.